The van der Waals surface area contributed by atoms with Gasteiger partial charge >= 0.3 is 0 Å². The van der Waals surface area contributed by atoms with E-state index in [1.807, 2.05) is 19.1 Å². The first-order valence-corrected chi connectivity index (χ1v) is 5.59. The van der Waals surface area contributed by atoms with Gasteiger partial charge in [-0.1, -0.05) is 31.0 Å². The molecule has 0 aliphatic heterocycles. The van der Waals surface area contributed by atoms with E-state index in [0.29, 0.717) is 11.6 Å². The zero-order valence-corrected chi connectivity index (χ0v) is 9.56. The van der Waals surface area contributed by atoms with Crippen molar-refractivity contribution in [2.75, 3.05) is 0 Å². The lowest BCUT2D eigenvalue weighted by Crippen LogP contribution is -1.91. The lowest BCUT2D eigenvalue weighted by Gasteiger charge is -2.09. The number of aromatic hydroxyl groups is 1. The van der Waals surface area contributed by atoms with Crippen molar-refractivity contribution in [2.24, 2.45) is 0 Å². The summed E-state index contributed by atoms with van der Waals surface area (Å²) >= 11 is 5.75. The first kappa shape index (κ1) is 11.4. The molecule has 0 amide bonds. The maximum Gasteiger partial charge on any atom is 0.123 e. The molecule has 0 unspecified atom stereocenters. The van der Waals surface area contributed by atoms with Crippen LogP contribution in [-0.4, -0.2) is 5.11 Å². The highest BCUT2D eigenvalue weighted by Crippen LogP contribution is 2.27. The molecule has 0 fully saturated rings. The van der Waals surface area contributed by atoms with Crippen LogP contribution in [0.3, 0.4) is 0 Å². The van der Waals surface area contributed by atoms with E-state index in [9.17, 15) is 5.11 Å². The third kappa shape index (κ3) is 2.65. The molecule has 1 rings (SSSR count). The quantitative estimate of drug-likeness (QED) is 0.754. The third-order valence-electron chi connectivity index (χ3n) is 2.36. The predicted molar refractivity (Wildman–Crippen MR) is 61.0 cm³/mol. The molecule has 0 saturated carbocycles. The molecule has 0 aliphatic carbocycles. The molecular formula is C12H17ClO. The molecule has 1 nitrogen and oxygen atoms in total. The van der Waals surface area contributed by atoms with E-state index in [-0.39, 0.29) is 0 Å². The predicted octanol–water partition coefficient (Wildman–Crippen LogP) is 3.78. The molecule has 0 aliphatic rings. The molecule has 0 spiro atoms. The number of rotatable bonds is 4. The van der Waals surface area contributed by atoms with Gasteiger partial charge in [0.1, 0.15) is 5.75 Å². The first-order valence-electron chi connectivity index (χ1n) is 5.06. The van der Waals surface area contributed by atoms with Crippen LogP contribution in [0.15, 0.2) is 12.1 Å². The largest absolute Gasteiger partial charge is 0.507 e. The van der Waals surface area contributed by atoms with Crippen LogP contribution in [-0.2, 0) is 12.3 Å². The van der Waals surface area contributed by atoms with Gasteiger partial charge in [0.15, 0.2) is 0 Å². The maximum atomic E-state index is 9.86. The van der Waals surface area contributed by atoms with E-state index in [0.717, 1.165) is 30.4 Å². The second kappa shape index (κ2) is 5.26. The van der Waals surface area contributed by atoms with E-state index in [2.05, 4.69) is 6.92 Å². The zero-order valence-electron chi connectivity index (χ0n) is 8.81. The normalized spacial score (nSPS) is 10.5. The molecule has 0 aromatic heterocycles. The summed E-state index contributed by atoms with van der Waals surface area (Å²) in [6.07, 6.45) is 3.19. The van der Waals surface area contributed by atoms with Gasteiger partial charge in [0, 0.05) is 5.56 Å². The third-order valence-corrected chi connectivity index (χ3v) is 2.64. The van der Waals surface area contributed by atoms with Crippen LogP contribution in [0.1, 0.15) is 36.5 Å². The minimum atomic E-state index is 0.382. The Morgan fingerprint density at radius 3 is 2.50 bits per heavy atom. The minimum Gasteiger partial charge on any atom is -0.507 e. The molecule has 0 radical (unpaired) electrons. The van der Waals surface area contributed by atoms with Crippen molar-refractivity contribution < 1.29 is 5.11 Å². The smallest absolute Gasteiger partial charge is 0.123 e. The Balaban J connectivity index is 2.96. The Kier molecular flexibility index (Phi) is 4.27. The topological polar surface area (TPSA) is 20.2 Å². The molecule has 0 heterocycles. The average Bonchev–Trinajstić information content (AvgIpc) is 2.18. The number of hydrogen-bond donors (Lipinski definition) is 1. The van der Waals surface area contributed by atoms with E-state index in [1.54, 1.807) is 0 Å². The Morgan fingerprint density at radius 1 is 1.29 bits per heavy atom. The highest BCUT2D eigenvalue weighted by Gasteiger charge is 2.07. The monoisotopic (exact) mass is 212 g/mol. The van der Waals surface area contributed by atoms with E-state index in [4.69, 9.17) is 11.6 Å². The lowest BCUT2D eigenvalue weighted by molar-refractivity contribution is 0.462. The molecule has 2 heteroatoms. The van der Waals surface area contributed by atoms with Crippen LogP contribution in [0.2, 0.25) is 0 Å². The maximum absolute atomic E-state index is 9.86. The van der Waals surface area contributed by atoms with Crippen LogP contribution in [0, 0.1) is 6.92 Å². The molecule has 1 aromatic rings. The van der Waals surface area contributed by atoms with E-state index < -0.39 is 0 Å². The van der Waals surface area contributed by atoms with Crippen LogP contribution < -0.4 is 0 Å². The molecule has 14 heavy (non-hydrogen) atoms. The number of alkyl halides is 1. The number of hydrogen-bond acceptors (Lipinski definition) is 1. The average molecular weight is 213 g/mol. The van der Waals surface area contributed by atoms with E-state index >= 15 is 0 Å². The van der Waals surface area contributed by atoms with Gasteiger partial charge in [-0.2, -0.15) is 0 Å². The van der Waals surface area contributed by atoms with Gasteiger partial charge in [-0.15, -0.1) is 11.6 Å². The van der Waals surface area contributed by atoms with Crippen molar-refractivity contribution in [1.82, 2.24) is 0 Å². The van der Waals surface area contributed by atoms with Crippen molar-refractivity contribution in [3.63, 3.8) is 0 Å². The summed E-state index contributed by atoms with van der Waals surface area (Å²) in [6.45, 7) is 4.18. The van der Waals surface area contributed by atoms with Gasteiger partial charge < -0.3 is 5.11 Å². The minimum absolute atomic E-state index is 0.382. The van der Waals surface area contributed by atoms with Crippen molar-refractivity contribution >= 4 is 11.6 Å². The fourth-order valence-electron chi connectivity index (χ4n) is 1.59. The summed E-state index contributed by atoms with van der Waals surface area (Å²) in [7, 11) is 0. The van der Waals surface area contributed by atoms with Crippen LogP contribution in [0.25, 0.3) is 0 Å². The van der Waals surface area contributed by atoms with Gasteiger partial charge in [0.25, 0.3) is 0 Å². The Morgan fingerprint density at radius 2 is 1.93 bits per heavy atom. The number of phenolic OH excluding ortho intramolecular Hbond substituents is 1. The molecule has 78 valence electrons. The molecule has 0 saturated heterocycles. The van der Waals surface area contributed by atoms with Crippen LogP contribution in [0.5, 0.6) is 5.75 Å². The fourth-order valence-corrected chi connectivity index (χ4v) is 1.80. The summed E-state index contributed by atoms with van der Waals surface area (Å²) < 4.78 is 0. The fraction of sp³-hybridized carbons (Fsp3) is 0.500. The summed E-state index contributed by atoms with van der Waals surface area (Å²) in [6, 6.07) is 3.98. The van der Waals surface area contributed by atoms with E-state index in [1.165, 1.54) is 5.56 Å². The number of aryl methyl sites for hydroxylation is 2. The molecule has 1 aromatic carbocycles. The molecule has 1 N–H and O–H groups in total. The highest BCUT2D eigenvalue weighted by atomic mass is 35.5. The molecule has 0 atom stereocenters. The van der Waals surface area contributed by atoms with Gasteiger partial charge in [-0.3, -0.25) is 0 Å². The Bertz CT molecular complexity index is 307. The Hall–Kier alpha value is -0.690. The zero-order chi connectivity index (χ0) is 10.6. The summed E-state index contributed by atoms with van der Waals surface area (Å²) in [5, 5.41) is 9.86. The Labute approximate surface area is 90.7 Å². The number of halogens is 1. The van der Waals surface area contributed by atoms with Crippen LogP contribution >= 0.6 is 11.6 Å². The highest BCUT2D eigenvalue weighted by molar-refractivity contribution is 6.17. The SMILES string of the molecule is CCCCc1cc(C)cc(CCl)c1O. The molecule has 0 bridgehead atoms. The number of benzene rings is 1. The van der Waals surface area contributed by atoms with Crippen molar-refractivity contribution in [3.8, 4) is 5.75 Å². The lowest BCUT2D eigenvalue weighted by atomic mass is 10.0. The van der Waals surface area contributed by atoms with Crippen molar-refractivity contribution in [2.45, 2.75) is 39.0 Å². The number of phenols is 1. The van der Waals surface area contributed by atoms with Gasteiger partial charge in [0.2, 0.25) is 0 Å². The van der Waals surface area contributed by atoms with Gasteiger partial charge in [0.05, 0.1) is 5.88 Å². The van der Waals surface area contributed by atoms with Gasteiger partial charge in [-0.25, -0.2) is 0 Å². The first-order chi connectivity index (χ1) is 6.69. The summed E-state index contributed by atoms with van der Waals surface area (Å²) in [5.41, 5.74) is 3.05. The summed E-state index contributed by atoms with van der Waals surface area (Å²) in [4.78, 5) is 0. The molecular weight excluding hydrogens is 196 g/mol. The van der Waals surface area contributed by atoms with Crippen LogP contribution in [0.4, 0.5) is 0 Å². The van der Waals surface area contributed by atoms with Gasteiger partial charge in [-0.05, 0) is 25.3 Å². The van der Waals surface area contributed by atoms with Crippen molar-refractivity contribution in [3.05, 3.63) is 28.8 Å². The second-order valence-corrected chi connectivity index (χ2v) is 3.94. The number of unbranched alkanes of at least 4 members (excludes halogenated alkanes) is 1. The summed E-state index contributed by atoms with van der Waals surface area (Å²) in [5.74, 6) is 0.770. The standard InChI is InChI=1S/C12H17ClO/c1-3-4-5-10-6-9(2)7-11(8-13)12(10)14/h6-7,14H,3-5,8H2,1-2H3. The second-order valence-electron chi connectivity index (χ2n) is 3.67. The van der Waals surface area contributed by atoms with Crippen molar-refractivity contribution in [1.29, 1.82) is 0 Å².